The van der Waals surface area contributed by atoms with Gasteiger partial charge in [0.1, 0.15) is 0 Å². The Labute approximate surface area is 160 Å². The first-order valence-corrected chi connectivity index (χ1v) is 10.1. The zero-order valence-corrected chi connectivity index (χ0v) is 15.6. The molecular formula is C24H26N2O. The molecule has 2 saturated heterocycles. The highest BCUT2D eigenvalue weighted by molar-refractivity contribution is 6.06. The first-order valence-electron chi connectivity index (χ1n) is 10.1. The molecule has 0 unspecified atom stereocenters. The number of carbonyl (C=O) groups is 1. The summed E-state index contributed by atoms with van der Waals surface area (Å²) in [6.45, 7) is 3.61. The summed E-state index contributed by atoms with van der Waals surface area (Å²) in [7, 11) is 0. The molecule has 2 aliphatic heterocycles. The van der Waals surface area contributed by atoms with Crippen LogP contribution >= 0.6 is 0 Å². The van der Waals surface area contributed by atoms with E-state index in [-0.39, 0.29) is 17.3 Å². The Morgan fingerprint density at radius 1 is 0.889 bits per heavy atom. The van der Waals surface area contributed by atoms with Crippen LogP contribution in [0.5, 0.6) is 0 Å². The average Bonchev–Trinajstić information content (AvgIpc) is 3.33. The van der Waals surface area contributed by atoms with Gasteiger partial charge in [-0.25, -0.2) is 0 Å². The fourth-order valence-electron chi connectivity index (χ4n) is 5.40. The van der Waals surface area contributed by atoms with E-state index in [1.165, 1.54) is 16.7 Å². The third-order valence-electron chi connectivity index (χ3n) is 6.79. The molecule has 3 nitrogen and oxygen atoms in total. The summed E-state index contributed by atoms with van der Waals surface area (Å²) in [6.07, 6.45) is 4.22. The number of Topliss-reactive ketones (excluding diaryl/α,β-unsaturated/α-hetero) is 1. The number of hydrogen-bond donors (Lipinski definition) is 2. The van der Waals surface area contributed by atoms with Gasteiger partial charge < -0.3 is 10.6 Å². The van der Waals surface area contributed by atoms with Gasteiger partial charge >= 0.3 is 0 Å². The van der Waals surface area contributed by atoms with Crippen molar-refractivity contribution in [3.63, 3.8) is 0 Å². The number of carbonyl (C=O) groups excluding carboxylic acids is 1. The predicted octanol–water partition coefficient (Wildman–Crippen LogP) is 3.28. The van der Waals surface area contributed by atoms with Gasteiger partial charge in [0.25, 0.3) is 0 Å². The van der Waals surface area contributed by atoms with Crippen molar-refractivity contribution in [2.75, 3.05) is 26.2 Å². The second-order valence-corrected chi connectivity index (χ2v) is 8.12. The zero-order valence-electron chi connectivity index (χ0n) is 15.6. The third-order valence-corrected chi connectivity index (χ3v) is 6.79. The van der Waals surface area contributed by atoms with Crippen LogP contribution < -0.4 is 10.6 Å². The Bertz CT molecular complexity index is 880. The number of allylic oxidation sites excluding steroid dienone is 1. The van der Waals surface area contributed by atoms with Gasteiger partial charge in [-0.1, -0.05) is 54.6 Å². The van der Waals surface area contributed by atoms with E-state index in [2.05, 4.69) is 65.2 Å². The van der Waals surface area contributed by atoms with E-state index >= 15 is 0 Å². The molecule has 2 aromatic rings. The van der Waals surface area contributed by atoms with Gasteiger partial charge in [-0.3, -0.25) is 4.79 Å². The van der Waals surface area contributed by atoms with Crippen LogP contribution in [0.15, 0.2) is 60.2 Å². The molecule has 1 spiro atoms. The molecule has 5 rings (SSSR count). The zero-order chi connectivity index (χ0) is 18.3. The summed E-state index contributed by atoms with van der Waals surface area (Å²) in [6, 6.07) is 19.1. The lowest BCUT2D eigenvalue weighted by molar-refractivity contribution is -0.119. The molecule has 0 bridgehead atoms. The van der Waals surface area contributed by atoms with E-state index in [4.69, 9.17) is 0 Å². The van der Waals surface area contributed by atoms with Crippen LogP contribution in [0.4, 0.5) is 0 Å². The first-order chi connectivity index (χ1) is 13.3. The van der Waals surface area contributed by atoms with Crippen molar-refractivity contribution in [1.29, 1.82) is 0 Å². The summed E-state index contributed by atoms with van der Waals surface area (Å²) < 4.78 is 0. The van der Waals surface area contributed by atoms with Crippen LogP contribution in [0.1, 0.15) is 35.4 Å². The fraction of sp³-hybridized carbons (Fsp3) is 0.375. The minimum atomic E-state index is -0.0945. The van der Waals surface area contributed by atoms with Crippen LogP contribution in [-0.2, 0) is 10.2 Å². The SMILES string of the molecule is O=C(C1=Cc2ccccc2C12CCNCC2)[C@@H]1CNC[C@H]1c1ccccc1. The molecule has 2 atom stereocenters. The Balaban J connectivity index is 1.52. The van der Waals surface area contributed by atoms with Gasteiger partial charge in [-0.05, 0) is 48.7 Å². The van der Waals surface area contributed by atoms with E-state index in [0.29, 0.717) is 5.78 Å². The van der Waals surface area contributed by atoms with Crippen molar-refractivity contribution < 1.29 is 4.79 Å². The van der Waals surface area contributed by atoms with Gasteiger partial charge in [0.2, 0.25) is 0 Å². The fourth-order valence-corrected chi connectivity index (χ4v) is 5.40. The summed E-state index contributed by atoms with van der Waals surface area (Å²) >= 11 is 0. The highest BCUT2D eigenvalue weighted by atomic mass is 16.1. The van der Waals surface area contributed by atoms with Crippen molar-refractivity contribution in [3.8, 4) is 0 Å². The van der Waals surface area contributed by atoms with Crippen molar-refractivity contribution in [2.45, 2.75) is 24.2 Å². The number of hydrogen-bond acceptors (Lipinski definition) is 3. The van der Waals surface area contributed by atoms with Crippen molar-refractivity contribution in [1.82, 2.24) is 10.6 Å². The highest BCUT2D eigenvalue weighted by Gasteiger charge is 2.48. The van der Waals surface area contributed by atoms with Crippen LogP contribution in [0.25, 0.3) is 6.08 Å². The first kappa shape index (κ1) is 16.9. The number of rotatable bonds is 3. The molecule has 27 heavy (non-hydrogen) atoms. The third kappa shape index (κ3) is 2.69. The normalized spacial score (nSPS) is 26.0. The maximum atomic E-state index is 13.8. The van der Waals surface area contributed by atoms with Crippen LogP contribution in [0, 0.1) is 5.92 Å². The van der Waals surface area contributed by atoms with E-state index in [9.17, 15) is 4.79 Å². The summed E-state index contributed by atoms with van der Waals surface area (Å²) in [5.41, 5.74) is 4.83. The van der Waals surface area contributed by atoms with E-state index in [1.807, 2.05) is 6.07 Å². The van der Waals surface area contributed by atoms with Gasteiger partial charge in [-0.15, -0.1) is 0 Å². The van der Waals surface area contributed by atoms with Gasteiger partial charge in [0, 0.05) is 35.9 Å². The van der Waals surface area contributed by atoms with E-state index in [0.717, 1.165) is 44.6 Å². The summed E-state index contributed by atoms with van der Waals surface area (Å²) in [5.74, 6) is 0.647. The molecule has 2 fully saturated rings. The second kappa shape index (κ2) is 6.74. The van der Waals surface area contributed by atoms with Crippen LogP contribution in [-0.4, -0.2) is 32.0 Å². The molecular weight excluding hydrogens is 332 g/mol. The highest BCUT2D eigenvalue weighted by Crippen LogP contribution is 2.49. The largest absolute Gasteiger partial charge is 0.317 e. The molecule has 2 aromatic carbocycles. The smallest absolute Gasteiger partial charge is 0.164 e. The molecule has 3 heteroatoms. The van der Waals surface area contributed by atoms with Gasteiger partial charge in [0.05, 0.1) is 0 Å². The minimum absolute atomic E-state index is 0.0275. The van der Waals surface area contributed by atoms with Crippen molar-refractivity contribution in [2.24, 2.45) is 5.92 Å². The predicted molar refractivity (Wildman–Crippen MR) is 109 cm³/mol. The van der Waals surface area contributed by atoms with Crippen LogP contribution in [0.3, 0.4) is 0 Å². The number of ketones is 1. The monoisotopic (exact) mass is 358 g/mol. The van der Waals surface area contributed by atoms with Crippen molar-refractivity contribution >= 4 is 11.9 Å². The lowest BCUT2D eigenvalue weighted by Gasteiger charge is -2.38. The van der Waals surface area contributed by atoms with Gasteiger partial charge in [0.15, 0.2) is 5.78 Å². The molecule has 0 amide bonds. The molecule has 138 valence electrons. The topological polar surface area (TPSA) is 41.1 Å². The van der Waals surface area contributed by atoms with Crippen LogP contribution in [0.2, 0.25) is 0 Å². The number of fused-ring (bicyclic) bond motifs is 2. The number of nitrogens with one attached hydrogen (secondary N) is 2. The lowest BCUT2D eigenvalue weighted by atomic mass is 9.67. The lowest BCUT2D eigenvalue weighted by Crippen LogP contribution is -2.43. The van der Waals surface area contributed by atoms with E-state index in [1.54, 1.807) is 0 Å². The molecule has 2 N–H and O–H groups in total. The second-order valence-electron chi connectivity index (χ2n) is 8.12. The maximum Gasteiger partial charge on any atom is 0.164 e. The maximum absolute atomic E-state index is 13.8. The Hall–Kier alpha value is -2.23. The standard InChI is InChI=1S/C24H26N2O/c27-23(20-16-26-15-19(20)17-6-2-1-3-7-17)22-14-18-8-4-5-9-21(18)24(22)10-12-25-13-11-24/h1-9,14,19-20,25-26H,10-13,15-16H2/t19-,20+/m0/s1. The molecule has 2 heterocycles. The quantitative estimate of drug-likeness (QED) is 0.885. The molecule has 0 aromatic heterocycles. The molecule has 3 aliphatic rings. The Morgan fingerprint density at radius 3 is 2.44 bits per heavy atom. The number of benzene rings is 2. The summed E-state index contributed by atoms with van der Waals surface area (Å²) in [5, 5.41) is 6.96. The van der Waals surface area contributed by atoms with Crippen molar-refractivity contribution in [3.05, 3.63) is 76.9 Å². The van der Waals surface area contributed by atoms with E-state index < -0.39 is 0 Å². The molecule has 1 aliphatic carbocycles. The Morgan fingerprint density at radius 2 is 1.63 bits per heavy atom. The van der Waals surface area contributed by atoms with Gasteiger partial charge in [-0.2, -0.15) is 0 Å². The molecule has 0 saturated carbocycles. The molecule has 0 radical (unpaired) electrons. The number of piperidine rings is 1. The Kier molecular flexibility index (Phi) is 4.22. The minimum Gasteiger partial charge on any atom is -0.317 e. The summed E-state index contributed by atoms with van der Waals surface area (Å²) in [4.78, 5) is 13.8. The average molecular weight is 358 g/mol.